The highest BCUT2D eigenvalue weighted by Crippen LogP contribution is 2.53. The average Bonchev–Trinajstić information content (AvgIpc) is 2.95. The number of nitrogens with one attached hydrogen (secondary N) is 3. The fourth-order valence-corrected chi connectivity index (χ4v) is 6.76. The number of likely N-dealkylation sites (N-methyl/N-ethyl adjacent to an activating group) is 1. The van der Waals surface area contributed by atoms with Crippen molar-refractivity contribution in [3.05, 3.63) is 75.8 Å². The zero-order valence-electron chi connectivity index (χ0n) is 24.8. The molecule has 0 saturated heterocycles. The number of ketones is 2. The number of hydrogen-bond acceptors (Lipinski definition) is 10. The first kappa shape index (κ1) is 30.6. The third-order valence-corrected chi connectivity index (χ3v) is 8.75. The van der Waals surface area contributed by atoms with Crippen molar-refractivity contribution in [2.75, 3.05) is 38.4 Å². The van der Waals surface area contributed by atoms with Crippen molar-refractivity contribution in [1.29, 1.82) is 5.41 Å². The van der Waals surface area contributed by atoms with Gasteiger partial charge in [0.1, 0.15) is 17.1 Å². The van der Waals surface area contributed by atoms with E-state index in [1.54, 1.807) is 39.2 Å². The maximum absolute atomic E-state index is 14.1. The lowest BCUT2D eigenvalue weighted by Crippen LogP contribution is -2.63. The molecule has 4 atom stereocenters. The molecule has 0 bridgehead atoms. The van der Waals surface area contributed by atoms with Crippen LogP contribution in [0.2, 0.25) is 0 Å². The number of phenols is 1. The highest BCUT2D eigenvalue weighted by molar-refractivity contribution is 6.25. The molecule has 2 aromatic carbocycles. The molecule has 44 heavy (non-hydrogen) atoms. The summed E-state index contributed by atoms with van der Waals surface area (Å²) in [4.78, 5) is 43.1. The maximum atomic E-state index is 14.1. The van der Waals surface area contributed by atoms with Gasteiger partial charge in [-0.3, -0.25) is 24.7 Å². The first-order valence-corrected chi connectivity index (χ1v) is 14.0. The third-order valence-electron chi connectivity index (χ3n) is 8.75. The van der Waals surface area contributed by atoms with Crippen LogP contribution in [-0.4, -0.2) is 88.6 Å². The molecular formula is C31H36N6O7. The lowest BCUT2D eigenvalue weighted by Gasteiger charge is -2.50. The van der Waals surface area contributed by atoms with Gasteiger partial charge in [-0.15, -0.1) is 0 Å². The summed E-state index contributed by atoms with van der Waals surface area (Å²) >= 11 is 0. The Hall–Kier alpha value is -4.88. The van der Waals surface area contributed by atoms with E-state index in [1.807, 2.05) is 30.3 Å². The van der Waals surface area contributed by atoms with Gasteiger partial charge in [0.15, 0.2) is 23.1 Å². The molecule has 13 nitrogen and oxygen atoms in total. The summed E-state index contributed by atoms with van der Waals surface area (Å²) in [5.74, 6) is -7.33. The maximum Gasteiger partial charge on any atom is 0.255 e. The van der Waals surface area contributed by atoms with E-state index in [4.69, 9.17) is 11.1 Å². The van der Waals surface area contributed by atoms with E-state index in [0.29, 0.717) is 17.8 Å². The van der Waals surface area contributed by atoms with Gasteiger partial charge in [0.25, 0.3) is 5.91 Å². The SMILES string of the molecule is CN(C)c1cc(NC(=N)NCc2ccccc2)c(O)c2c1C[C@H]1C[C@H]3C(N(C)C)C(O)=C(C(N)=O)C(=O)[C@@]3(O)C(O)=C1C2=O. The number of primary amides is 1. The molecule has 0 saturated carbocycles. The number of aliphatic hydroxyl groups excluding tert-OH is 2. The van der Waals surface area contributed by atoms with Crippen LogP contribution in [0.5, 0.6) is 5.75 Å². The highest BCUT2D eigenvalue weighted by atomic mass is 16.3. The predicted octanol–water partition coefficient (Wildman–Crippen LogP) is 1.32. The van der Waals surface area contributed by atoms with Crippen molar-refractivity contribution in [2.24, 2.45) is 17.6 Å². The van der Waals surface area contributed by atoms with Crippen LogP contribution >= 0.6 is 0 Å². The topological polar surface area (TPSA) is 213 Å². The number of hydrogen-bond donors (Lipinski definition) is 8. The number of rotatable bonds is 6. The number of carbonyl (C=O) groups excluding carboxylic acids is 3. The summed E-state index contributed by atoms with van der Waals surface area (Å²) < 4.78 is 0. The molecule has 5 rings (SSSR count). The molecule has 232 valence electrons. The van der Waals surface area contributed by atoms with E-state index >= 15 is 0 Å². The van der Waals surface area contributed by atoms with E-state index < -0.39 is 63.8 Å². The van der Waals surface area contributed by atoms with E-state index in [9.17, 15) is 34.8 Å². The molecule has 1 amide bonds. The number of carbonyl (C=O) groups is 3. The molecule has 3 aliphatic rings. The Morgan fingerprint density at radius 2 is 1.77 bits per heavy atom. The van der Waals surface area contributed by atoms with Crippen molar-refractivity contribution in [3.8, 4) is 5.75 Å². The molecule has 0 aromatic heterocycles. The van der Waals surface area contributed by atoms with Crippen molar-refractivity contribution in [1.82, 2.24) is 10.2 Å². The van der Waals surface area contributed by atoms with Gasteiger partial charge in [-0.1, -0.05) is 30.3 Å². The Kier molecular flexibility index (Phi) is 7.64. The number of phenolic OH excluding ortho intramolecular Hbond substituents is 1. The highest BCUT2D eigenvalue weighted by Gasteiger charge is 2.63. The first-order chi connectivity index (χ1) is 20.7. The van der Waals surface area contributed by atoms with Gasteiger partial charge in [-0.05, 0) is 50.0 Å². The van der Waals surface area contributed by atoms with Gasteiger partial charge < -0.3 is 41.7 Å². The molecule has 0 aliphatic heterocycles. The van der Waals surface area contributed by atoms with Crippen LogP contribution in [0.4, 0.5) is 11.4 Å². The summed E-state index contributed by atoms with van der Waals surface area (Å²) in [7, 11) is 6.68. The average molecular weight is 605 g/mol. The zero-order valence-corrected chi connectivity index (χ0v) is 24.8. The number of anilines is 2. The summed E-state index contributed by atoms with van der Waals surface area (Å²) in [5, 5.41) is 59.7. The van der Waals surface area contributed by atoms with Crippen LogP contribution in [0.15, 0.2) is 59.1 Å². The molecule has 0 fully saturated rings. The molecule has 0 radical (unpaired) electrons. The Bertz CT molecular complexity index is 1650. The van der Waals surface area contributed by atoms with Gasteiger partial charge in [-0.2, -0.15) is 0 Å². The number of allylic oxidation sites excluding steroid dienone is 1. The molecular weight excluding hydrogens is 568 g/mol. The Balaban J connectivity index is 1.59. The van der Waals surface area contributed by atoms with Crippen molar-refractivity contribution in [3.63, 3.8) is 0 Å². The Labute approximate surface area is 253 Å². The second kappa shape index (κ2) is 11.0. The number of amides is 1. The minimum Gasteiger partial charge on any atom is -0.510 e. The molecule has 9 N–H and O–H groups in total. The summed E-state index contributed by atoms with van der Waals surface area (Å²) in [5.41, 5.74) is 3.47. The Morgan fingerprint density at radius 1 is 1.11 bits per heavy atom. The van der Waals surface area contributed by atoms with Gasteiger partial charge in [-0.25, -0.2) is 0 Å². The summed E-state index contributed by atoms with van der Waals surface area (Å²) in [6.45, 7) is 0.333. The number of fused-ring (bicyclic) bond motifs is 3. The number of nitrogens with zero attached hydrogens (tertiary/aromatic N) is 2. The van der Waals surface area contributed by atoms with E-state index in [-0.39, 0.29) is 35.6 Å². The smallest absolute Gasteiger partial charge is 0.255 e. The van der Waals surface area contributed by atoms with Crippen LogP contribution in [0, 0.1) is 17.2 Å². The quantitative estimate of drug-likeness (QED) is 0.102. The monoisotopic (exact) mass is 604 g/mol. The van der Waals surface area contributed by atoms with E-state index in [2.05, 4.69) is 10.6 Å². The lowest BCUT2D eigenvalue weighted by molar-refractivity contribution is -0.148. The number of nitrogens with two attached hydrogens (primary N) is 1. The van der Waals surface area contributed by atoms with Crippen LogP contribution in [0.3, 0.4) is 0 Å². The van der Waals surface area contributed by atoms with Crippen LogP contribution < -0.4 is 21.3 Å². The summed E-state index contributed by atoms with van der Waals surface area (Å²) in [6.07, 6.45) is 0.146. The molecule has 1 unspecified atom stereocenters. The minimum absolute atomic E-state index is 0.00650. The summed E-state index contributed by atoms with van der Waals surface area (Å²) in [6, 6.07) is 9.95. The molecule has 2 aromatic rings. The number of benzene rings is 2. The van der Waals surface area contributed by atoms with Crippen LogP contribution in [0.25, 0.3) is 0 Å². The molecule has 13 heteroatoms. The normalized spacial score (nSPS) is 24.5. The van der Waals surface area contributed by atoms with E-state index in [1.165, 1.54) is 4.90 Å². The fraction of sp³-hybridized carbons (Fsp3) is 0.355. The van der Waals surface area contributed by atoms with Gasteiger partial charge in [0.05, 0.1) is 17.3 Å². The van der Waals surface area contributed by atoms with Gasteiger partial charge in [0, 0.05) is 37.8 Å². The zero-order chi connectivity index (χ0) is 32.2. The first-order valence-electron chi connectivity index (χ1n) is 14.0. The van der Waals surface area contributed by atoms with Crippen molar-refractivity contribution in [2.45, 2.75) is 31.0 Å². The molecule has 3 aliphatic carbocycles. The number of aliphatic hydroxyl groups is 3. The van der Waals surface area contributed by atoms with Crippen molar-refractivity contribution >= 4 is 34.8 Å². The number of aromatic hydroxyl groups is 1. The largest absolute Gasteiger partial charge is 0.510 e. The van der Waals surface area contributed by atoms with Crippen molar-refractivity contribution < 1.29 is 34.8 Å². The van der Waals surface area contributed by atoms with E-state index in [0.717, 1.165) is 5.56 Å². The van der Waals surface area contributed by atoms with Gasteiger partial charge >= 0.3 is 0 Å². The molecule has 0 spiro atoms. The fourth-order valence-electron chi connectivity index (χ4n) is 6.76. The molecule has 0 heterocycles. The number of Topliss-reactive ketones (excluding diaryl/α,β-unsaturated/α-hetero) is 2. The number of guanidine groups is 1. The Morgan fingerprint density at radius 3 is 2.36 bits per heavy atom. The second-order valence-corrected chi connectivity index (χ2v) is 11.8. The van der Waals surface area contributed by atoms with Gasteiger partial charge in [0.2, 0.25) is 5.78 Å². The lowest BCUT2D eigenvalue weighted by atomic mass is 9.58. The standard InChI is InChI=1S/C31H36N6O7/c1-36(2)19-12-18(35-30(33)34-13-14-8-6-5-7-9-14)24(38)21-16(19)10-15-11-17-23(37(3)4)26(40)22(29(32)43)28(42)31(17,44)27(41)20(15)25(21)39/h5-9,12,15,17,23,38,40-41,44H,10-11,13H2,1-4H3,(H2,32,43)(H3,33,34,35)/t15-,17-,23?,31-/m0/s1. The third kappa shape index (κ3) is 4.64. The minimum atomic E-state index is -2.72. The van der Waals surface area contributed by atoms with Crippen LogP contribution in [0.1, 0.15) is 27.9 Å². The second-order valence-electron chi connectivity index (χ2n) is 11.8. The van der Waals surface area contributed by atoms with Crippen LogP contribution in [-0.2, 0) is 22.6 Å². The predicted molar refractivity (Wildman–Crippen MR) is 163 cm³/mol.